The van der Waals surface area contributed by atoms with Gasteiger partial charge in [0.1, 0.15) is 5.82 Å². The first-order chi connectivity index (χ1) is 15.9. The highest BCUT2D eigenvalue weighted by molar-refractivity contribution is 7.89. The molecular weight excluding hydrogens is 440 g/mol. The van der Waals surface area contributed by atoms with Gasteiger partial charge in [0.05, 0.1) is 29.1 Å². The quantitative estimate of drug-likeness (QED) is 0.573. The van der Waals surface area contributed by atoms with Crippen molar-refractivity contribution in [1.29, 1.82) is 0 Å². The second-order valence-corrected chi connectivity index (χ2v) is 10.5. The lowest BCUT2D eigenvalue weighted by Crippen LogP contribution is -2.40. The fourth-order valence-electron chi connectivity index (χ4n) is 4.64. The fourth-order valence-corrected chi connectivity index (χ4v) is 6.06. The van der Waals surface area contributed by atoms with Crippen molar-refractivity contribution < 1.29 is 17.9 Å². The molecule has 33 heavy (non-hydrogen) atoms. The first-order valence-electron chi connectivity index (χ1n) is 11.3. The number of carbonyl (C=O) groups is 1. The van der Waals surface area contributed by atoms with Gasteiger partial charge in [0.15, 0.2) is 0 Å². The summed E-state index contributed by atoms with van der Waals surface area (Å²) in [6.07, 6.45) is 1.76. The Morgan fingerprint density at radius 2 is 1.82 bits per heavy atom. The maximum absolute atomic E-state index is 13.0. The number of ether oxygens (including phenoxy) is 1. The summed E-state index contributed by atoms with van der Waals surface area (Å²) >= 11 is 0. The van der Waals surface area contributed by atoms with Gasteiger partial charge in [-0.05, 0) is 35.7 Å². The number of sulfonamides is 1. The zero-order valence-electron chi connectivity index (χ0n) is 18.7. The molecule has 1 fully saturated rings. The molecule has 1 saturated heterocycles. The lowest BCUT2D eigenvalue weighted by atomic mass is 9.99. The van der Waals surface area contributed by atoms with Crippen LogP contribution in [0.2, 0.25) is 0 Å². The van der Waals surface area contributed by atoms with Gasteiger partial charge in [-0.2, -0.15) is 4.31 Å². The van der Waals surface area contributed by atoms with Crippen LogP contribution >= 0.6 is 0 Å². The number of amides is 1. The van der Waals surface area contributed by atoms with E-state index in [4.69, 9.17) is 4.74 Å². The van der Waals surface area contributed by atoms with E-state index in [-0.39, 0.29) is 10.8 Å². The van der Waals surface area contributed by atoms with Gasteiger partial charge in [0, 0.05) is 46.1 Å². The number of morpholine rings is 1. The lowest BCUT2D eigenvalue weighted by molar-refractivity contribution is -0.132. The summed E-state index contributed by atoms with van der Waals surface area (Å²) in [5.41, 5.74) is 4.01. The molecule has 0 spiro atoms. The molecule has 0 unspecified atom stereocenters. The molecule has 9 heteroatoms. The number of carbonyl (C=O) groups excluding carboxylic acids is 1. The molecule has 3 heterocycles. The second-order valence-electron chi connectivity index (χ2n) is 8.59. The van der Waals surface area contributed by atoms with E-state index in [1.807, 2.05) is 28.6 Å². The Morgan fingerprint density at radius 3 is 2.61 bits per heavy atom. The smallest absolute Gasteiger partial charge is 0.243 e. The summed E-state index contributed by atoms with van der Waals surface area (Å²) < 4.78 is 34.6. The van der Waals surface area contributed by atoms with E-state index in [1.165, 1.54) is 15.4 Å². The standard InChI is InChI=1S/C24H28N4O4S/c1-26-22-7-6-20(33(30,31)28-12-14-32-15-13-28)16-21(22)25-23(26)8-9-24(29)27-11-10-18-4-2-3-5-19(18)17-27/h2-7,16H,8-15,17H2,1H3. The molecule has 2 aliphatic rings. The Balaban J connectivity index is 1.30. The van der Waals surface area contributed by atoms with Crippen molar-refractivity contribution in [3.05, 3.63) is 59.4 Å². The van der Waals surface area contributed by atoms with E-state index >= 15 is 0 Å². The average Bonchev–Trinajstić information content (AvgIpc) is 3.17. The largest absolute Gasteiger partial charge is 0.379 e. The number of rotatable bonds is 5. The molecule has 3 aromatic rings. The van der Waals surface area contributed by atoms with Gasteiger partial charge in [0.2, 0.25) is 15.9 Å². The van der Waals surface area contributed by atoms with E-state index < -0.39 is 10.0 Å². The molecule has 0 bridgehead atoms. The van der Waals surface area contributed by atoms with Crippen LogP contribution in [-0.4, -0.2) is 65.9 Å². The highest BCUT2D eigenvalue weighted by Crippen LogP contribution is 2.24. The molecule has 5 rings (SSSR count). The van der Waals surface area contributed by atoms with Crippen LogP contribution in [0.25, 0.3) is 11.0 Å². The minimum Gasteiger partial charge on any atom is -0.379 e. The van der Waals surface area contributed by atoms with Crippen molar-refractivity contribution in [2.24, 2.45) is 7.05 Å². The van der Waals surface area contributed by atoms with Crippen molar-refractivity contribution in [3.8, 4) is 0 Å². The first-order valence-corrected chi connectivity index (χ1v) is 12.8. The summed E-state index contributed by atoms with van der Waals surface area (Å²) in [6, 6.07) is 13.3. The number of aromatic nitrogens is 2. The van der Waals surface area contributed by atoms with E-state index in [0.717, 1.165) is 24.3 Å². The summed E-state index contributed by atoms with van der Waals surface area (Å²) in [7, 11) is -1.67. The minimum absolute atomic E-state index is 0.118. The third-order valence-corrected chi connectivity index (χ3v) is 8.49. The maximum atomic E-state index is 13.0. The van der Waals surface area contributed by atoms with Gasteiger partial charge in [-0.1, -0.05) is 24.3 Å². The third kappa shape index (κ3) is 4.28. The zero-order valence-corrected chi connectivity index (χ0v) is 19.6. The van der Waals surface area contributed by atoms with E-state index in [2.05, 4.69) is 17.1 Å². The molecule has 1 amide bonds. The Labute approximate surface area is 193 Å². The number of aryl methyl sites for hydroxylation is 2. The van der Waals surface area contributed by atoms with Gasteiger partial charge < -0.3 is 14.2 Å². The third-order valence-electron chi connectivity index (χ3n) is 6.60. The van der Waals surface area contributed by atoms with Crippen molar-refractivity contribution >= 4 is 27.0 Å². The molecule has 0 N–H and O–H groups in total. The van der Waals surface area contributed by atoms with Crippen molar-refractivity contribution in [3.63, 3.8) is 0 Å². The van der Waals surface area contributed by atoms with Crippen molar-refractivity contribution in [2.45, 2.75) is 30.7 Å². The molecular formula is C24H28N4O4S. The Hall–Kier alpha value is -2.75. The van der Waals surface area contributed by atoms with Crippen LogP contribution < -0.4 is 0 Å². The molecule has 1 aromatic heterocycles. The molecule has 2 aromatic carbocycles. The van der Waals surface area contributed by atoms with Crippen molar-refractivity contribution in [2.75, 3.05) is 32.8 Å². The SMILES string of the molecule is Cn1c(CCC(=O)N2CCc3ccccc3C2)nc2cc(S(=O)(=O)N3CCOCC3)ccc21. The van der Waals surface area contributed by atoms with Crippen LogP contribution in [0.1, 0.15) is 23.4 Å². The molecule has 0 radical (unpaired) electrons. The Morgan fingerprint density at radius 1 is 1.06 bits per heavy atom. The topological polar surface area (TPSA) is 84.7 Å². The number of hydrogen-bond donors (Lipinski definition) is 0. The molecule has 2 aliphatic heterocycles. The number of imidazole rings is 1. The number of nitrogens with zero attached hydrogens (tertiary/aromatic N) is 4. The summed E-state index contributed by atoms with van der Waals surface area (Å²) in [5, 5.41) is 0. The monoisotopic (exact) mass is 468 g/mol. The zero-order chi connectivity index (χ0) is 23.0. The predicted octanol–water partition coefficient (Wildman–Crippen LogP) is 2.11. The summed E-state index contributed by atoms with van der Waals surface area (Å²) in [4.78, 5) is 19.7. The summed E-state index contributed by atoms with van der Waals surface area (Å²) in [5.74, 6) is 0.892. The van der Waals surface area contributed by atoms with Gasteiger partial charge in [-0.25, -0.2) is 13.4 Å². The average molecular weight is 469 g/mol. The minimum atomic E-state index is -3.58. The highest BCUT2D eigenvalue weighted by Gasteiger charge is 2.27. The number of benzene rings is 2. The van der Waals surface area contributed by atoms with Gasteiger partial charge in [-0.3, -0.25) is 4.79 Å². The first kappa shape index (κ1) is 22.1. The Bertz CT molecular complexity index is 1300. The van der Waals surface area contributed by atoms with Crippen LogP contribution in [0.15, 0.2) is 47.4 Å². The highest BCUT2D eigenvalue weighted by atomic mass is 32.2. The number of hydrogen-bond acceptors (Lipinski definition) is 5. The normalized spacial score (nSPS) is 17.3. The Kier molecular flexibility index (Phi) is 5.94. The van der Waals surface area contributed by atoms with Crippen LogP contribution in [-0.2, 0) is 46.0 Å². The summed E-state index contributed by atoms with van der Waals surface area (Å²) in [6.45, 7) is 2.92. The number of fused-ring (bicyclic) bond motifs is 2. The predicted molar refractivity (Wildman–Crippen MR) is 124 cm³/mol. The van der Waals surface area contributed by atoms with Gasteiger partial charge in [0.25, 0.3) is 0 Å². The van der Waals surface area contributed by atoms with Crippen LogP contribution in [0.3, 0.4) is 0 Å². The van der Waals surface area contributed by atoms with E-state index in [9.17, 15) is 13.2 Å². The molecule has 174 valence electrons. The van der Waals surface area contributed by atoms with Crippen LogP contribution in [0, 0.1) is 0 Å². The van der Waals surface area contributed by atoms with E-state index in [0.29, 0.717) is 51.2 Å². The van der Waals surface area contributed by atoms with Crippen LogP contribution in [0.5, 0.6) is 0 Å². The molecule has 0 aliphatic carbocycles. The second kappa shape index (κ2) is 8.89. The van der Waals surface area contributed by atoms with Gasteiger partial charge >= 0.3 is 0 Å². The van der Waals surface area contributed by atoms with Crippen LogP contribution in [0.4, 0.5) is 0 Å². The van der Waals surface area contributed by atoms with Gasteiger partial charge in [-0.15, -0.1) is 0 Å². The fraction of sp³-hybridized carbons (Fsp3) is 0.417. The van der Waals surface area contributed by atoms with Crippen molar-refractivity contribution in [1.82, 2.24) is 18.8 Å². The molecule has 0 atom stereocenters. The molecule has 8 nitrogen and oxygen atoms in total. The maximum Gasteiger partial charge on any atom is 0.243 e. The molecule has 0 saturated carbocycles. The lowest BCUT2D eigenvalue weighted by Gasteiger charge is -2.29. The van der Waals surface area contributed by atoms with E-state index in [1.54, 1.807) is 18.2 Å².